The normalized spacial score (nSPS) is 11.3. The molecule has 0 unspecified atom stereocenters. The summed E-state index contributed by atoms with van der Waals surface area (Å²) in [5.41, 5.74) is 3.60. The Morgan fingerprint density at radius 3 is 2.79 bits per heavy atom. The molecule has 1 amide bonds. The monoisotopic (exact) mass is 470 g/mol. The van der Waals surface area contributed by atoms with Crippen LogP contribution in [-0.4, -0.2) is 17.2 Å². The molecule has 0 saturated carbocycles. The van der Waals surface area contributed by atoms with Crippen LogP contribution in [0.15, 0.2) is 54.9 Å². The van der Waals surface area contributed by atoms with Crippen molar-refractivity contribution in [2.75, 3.05) is 0 Å². The molecule has 0 saturated heterocycles. The Morgan fingerprint density at radius 2 is 2.04 bits per heavy atom. The van der Waals surface area contributed by atoms with Crippen LogP contribution in [0, 0.1) is 0 Å². The number of fused-ring (bicyclic) bond motifs is 1. The summed E-state index contributed by atoms with van der Waals surface area (Å²) in [5.74, 6) is -0.350. The molecule has 0 aliphatic carbocycles. The second-order valence-corrected chi connectivity index (χ2v) is 7.00. The smallest absolute Gasteiger partial charge is 0.307 e. The van der Waals surface area contributed by atoms with Crippen molar-refractivity contribution >= 4 is 66.6 Å². The number of phenolic OH excluding ortho intramolecular Hbond substituents is 1. The van der Waals surface area contributed by atoms with Crippen molar-refractivity contribution in [2.45, 2.75) is 0 Å². The molecule has 122 valence electrons. The van der Waals surface area contributed by atoms with Gasteiger partial charge in [0.05, 0.1) is 15.7 Å². The number of hydrazone groups is 1. The Hall–Kier alpha value is -1.83. The summed E-state index contributed by atoms with van der Waals surface area (Å²) >= 11 is 12.6. The third kappa shape index (κ3) is 3.63. The summed E-state index contributed by atoms with van der Waals surface area (Å²) in [5, 5.41) is 14.2. The van der Waals surface area contributed by atoms with Crippen molar-refractivity contribution in [1.29, 1.82) is 0 Å². The minimum absolute atomic E-state index is 0.0168. The van der Waals surface area contributed by atoms with E-state index in [0.717, 1.165) is 14.3 Å². The van der Waals surface area contributed by atoms with E-state index in [4.69, 9.17) is 16.0 Å². The van der Waals surface area contributed by atoms with Gasteiger partial charge < -0.3 is 9.52 Å². The first-order valence-corrected chi connectivity index (χ1v) is 8.61. The number of phenols is 1. The van der Waals surface area contributed by atoms with Gasteiger partial charge in [-0.1, -0.05) is 27.5 Å². The van der Waals surface area contributed by atoms with Gasteiger partial charge in [-0.15, -0.1) is 0 Å². The molecule has 3 aromatic rings. The number of aromatic hydroxyl groups is 1. The van der Waals surface area contributed by atoms with Gasteiger partial charge in [0, 0.05) is 9.86 Å². The van der Waals surface area contributed by atoms with Crippen LogP contribution >= 0.6 is 43.5 Å². The lowest BCUT2D eigenvalue weighted by Gasteiger charge is -1.98. The Balaban J connectivity index is 1.76. The average molecular weight is 473 g/mol. The van der Waals surface area contributed by atoms with Gasteiger partial charge in [-0.05, 0) is 57.9 Å². The average Bonchev–Trinajstić information content (AvgIpc) is 2.95. The second-order valence-electron chi connectivity index (χ2n) is 4.83. The Labute approximate surface area is 158 Å². The van der Waals surface area contributed by atoms with Gasteiger partial charge in [-0.3, -0.25) is 4.79 Å². The fourth-order valence-electron chi connectivity index (χ4n) is 2.01. The molecule has 1 aromatic heterocycles. The molecular weight excluding hydrogens is 463 g/mol. The maximum absolute atomic E-state index is 12.1. The zero-order chi connectivity index (χ0) is 17.3. The zero-order valence-corrected chi connectivity index (χ0v) is 15.8. The van der Waals surface area contributed by atoms with E-state index < -0.39 is 5.91 Å². The van der Waals surface area contributed by atoms with E-state index in [9.17, 15) is 9.90 Å². The van der Waals surface area contributed by atoms with Crippen LogP contribution in [0.1, 0.15) is 16.1 Å². The minimum Gasteiger partial charge on any atom is -0.506 e. The molecule has 5 nitrogen and oxygen atoms in total. The van der Waals surface area contributed by atoms with Gasteiger partial charge in [0.1, 0.15) is 11.3 Å². The third-order valence-electron chi connectivity index (χ3n) is 3.11. The molecule has 0 fully saturated rings. The summed E-state index contributed by atoms with van der Waals surface area (Å²) in [6.07, 6.45) is 1.42. The molecule has 0 bridgehead atoms. The highest BCUT2D eigenvalue weighted by Gasteiger charge is 2.14. The highest BCUT2D eigenvalue weighted by atomic mass is 79.9. The molecule has 1 heterocycles. The van der Waals surface area contributed by atoms with Crippen molar-refractivity contribution in [2.24, 2.45) is 5.10 Å². The van der Waals surface area contributed by atoms with Crippen LogP contribution in [0.4, 0.5) is 0 Å². The van der Waals surface area contributed by atoms with Crippen LogP contribution in [-0.2, 0) is 0 Å². The lowest BCUT2D eigenvalue weighted by Crippen LogP contribution is -2.16. The van der Waals surface area contributed by atoms with E-state index in [1.165, 1.54) is 18.3 Å². The standard InChI is InChI=1S/C16H9Br2ClN2O3/c17-10-4-9-5-14(24-15(9)11(18)6-10)16(23)21-20-7-8-1-2-13(22)12(19)3-8/h1-7,22H,(H,21,23)/b20-7-. The minimum atomic E-state index is -0.477. The highest BCUT2D eigenvalue weighted by Crippen LogP contribution is 2.31. The van der Waals surface area contributed by atoms with Crippen LogP contribution in [0.5, 0.6) is 5.75 Å². The van der Waals surface area contributed by atoms with Crippen LogP contribution in [0.2, 0.25) is 5.02 Å². The molecule has 24 heavy (non-hydrogen) atoms. The number of benzene rings is 2. The van der Waals surface area contributed by atoms with Gasteiger partial charge in [-0.25, -0.2) is 5.43 Å². The Bertz CT molecular complexity index is 969. The molecule has 0 spiro atoms. The molecule has 8 heteroatoms. The lowest BCUT2D eigenvalue weighted by atomic mass is 10.2. The largest absolute Gasteiger partial charge is 0.506 e. The van der Waals surface area contributed by atoms with Crippen LogP contribution < -0.4 is 5.43 Å². The van der Waals surface area contributed by atoms with Crippen molar-refractivity contribution < 1.29 is 14.3 Å². The molecule has 2 aromatic carbocycles. The molecule has 0 aliphatic rings. The van der Waals surface area contributed by atoms with Crippen molar-refractivity contribution in [1.82, 2.24) is 5.43 Å². The number of nitrogens with one attached hydrogen (secondary N) is 1. The van der Waals surface area contributed by atoms with Crippen molar-refractivity contribution in [3.8, 4) is 5.75 Å². The van der Waals surface area contributed by atoms with Gasteiger partial charge in [0.25, 0.3) is 0 Å². The predicted octanol–water partition coefficient (Wildman–Crippen LogP) is 5.08. The quantitative estimate of drug-likeness (QED) is 0.412. The van der Waals surface area contributed by atoms with Crippen molar-refractivity contribution in [3.63, 3.8) is 0 Å². The summed E-state index contributed by atoms with van der Waals surface area (Å²) in [6, 6.07) is 9.91. The van der Waals surface area contributed by atoms with E-state index in [2.05, 4.69) is 42.4 Å². The molecule has 0 aliphatic heterocycles. The number of rotatable bonds is 3. The first kappa shape index (κ1) is 17.0. The van der Waals surface area contributed by atoms with Crippen LogP contribution in [0.25, 0.3) is 11.0 Å². The molecular formula is C16H9Br2ClN2O3. The van der Waals surface area contributed by atoms with Gasteiger partial charge in [0.2, 0.25) is 0 Å². The fourth-order valence-corrected chi connectivity index (χ4v) is 3.54. The Kier molecular flexibility index (Phi) is 4.93. The summed E-state index contributed by atoms with van der Waals surface area (Å²) in [6.45, 7) is 0. The number of furan rings is 1. The first-order chi connectivity index (χ1) is 11.4. The van der Waals surface area contributed by atoms with E-state index >= 15 is 0 Å². The van der Waals surface area contributed by atoms with Crippen LogP contribution in [0.3, 0.4) is 0 Å². The second kappa shape index (κ2) is 6.96. The summed E-state index contributed by atoms with van der Waals surface area (Å²) < 4.78 is 7.16. The first-order valence-electron chi connectivity index (χ1n) is 6.64. The molecule has 2 N–H and O–H groups in total. The SMILES string of the molecule is O=C(N/N=C\c1ccc(O)c(Cl)c1)c1cc2cc(Br)cc(Br)c2o1. The third-order valence-corrected chi connectivity index (χ3v) is 4.46. The summed E-state index contributed by atoms with van der Waals surface area (Å²) in [7, 11) is 0. The van der Waals surface area contributed by atoms with E-state index in [1.807, 2.05) is 12.1 Å². The van der Waals surface area contributed by atoms with Crippen molar-refractivity contribution in [3.05, 3.63) is 61.7 Å². The number of amides is 1. The number of hydrogen-bond donors (Lipinski definition) is 2. The molecule has 0 radical (unpaired) electrons. The lowest BCUT2D eigenvalue weighted by molar-refractivity contribution is 0.0929. The fraction of sp³-hybridized carbons (Fsp3) is 0. The molecule has 3 rings (SSSR count). The topological polar surface area (TPSA) is 74.8 Å². The van der Waals surface area contributed by atoms with E-state index in [0.29, 0.717) is 11.1 Å². The number of hydrogen-bond acceptors (Lipinski definition) is 4. The maximum atomic E-state index is 12.1. The zero-order valence-electron chi connectivity index (χ0n) is 11.9. The number of halogens is 3. The van der Waals surface area contributed by atoms with Gasteiger partial charge in [0.15, 0.2) is 5.76 Å². The number of carbonyl (C=O) groups is 1. The summed E-state index contributed by atoms with van der Waals surface area (Å²) in [4.78, 5) is 12.1. The van der Waals surface area contributed by atoms with Gasteiger partial charge >= 0.3 is 5.91 Å². The molecule has 0 atom stereocenters. The van der Waals surface area contributed by atoms with E-state index in [1.54, 1.807) is 12.1 Å². The van der Waals surface area contributed by atoms with E-state index in [-0.39, 0.29) is 16.5 Å². The number of nitrogens with zero attached hydrogens (tertiary/aromatic N) is 1. The van der Waals surface area contributed by atoms with Gasteiger partial charge in [-0.2, -0.15) is 5.10 Å². The Morgan fingerprint density at radius 1 is 1.25 bits per heavy atom. The predicted molar refractivity (Wildman–Crippen MR) is 99.8 cm³/mol. The number of carbonyl (C=O) groups excluding carboxylic acids is 1. The highest BCUT2D eigenvalue weighted by molar-refractivity contribution is 9.11. The maximum Gasteiger partial charge on any atom is 0.307 e.